The van der Waals surface area contributed by atoms with Crippen molar-refractivity contribution in [2.75, 3.05) is 6.61 Å². The highest BCUT2D eigenvalue weighted by Gasteiger charge is 2.19. The van der Waals surface area contributed by atoms with E-state index in [9.17, 15) is 9.59 Å². The average Bonchev–Trinajstić information content (AvgIpc) is 3.03. The number of nitrogens with zero attached hydrogens (tertiary/aromatic N) is 2. The smallest absolute Gasteiger partial charge is 0.253 e. The topological polar surface area (TPSA) is 87.2 Å². The van der Waals surface area contributed by atoms with Crippen LogP contribution in [0.1, 0.15) is 22.1 Å². The summed E-state index contributed by atoms with van der Waals surface area (Å²) in [6.45, 7) is 2.01. The van der Waals surface area contributed by atoms with Crippen molar-refractivity contribution in [1.29, 1.82) is 0 Å². The van der Waals surface area contributed by atoms with Gasteiger partial charge in [0.25, 0.3) is 5.91 Å². The van der Waals surface area contributed by atoms with Crippen LogP contribution in [0, 0.1) is 5.92 Å². The van der Waals surface area contributed by atoms with Crippen molar-refractivity contribution in [2.24, 2.45) is 11.7 Å². The van der Waals surface area contributed by atoms with Gasteiger partial charge in [-0.05, 0) is 24.3 Å². The highest BCUT2D eigenvalue weighted by molar-refractivity contribution is 5.99. The second kappa shape index (κ2) is 6.54. The zero-order valence-electron chi connectivity index (χ0n) is 13.2. The molecule has 0 unspecified atom stereocenters. The molecule has 0 fully saturated rings. The Morgan fingerprint density at radius 1 is 1.21 bits per heavy atom. The van der Waals surface area contributed by atoms with Crippen LogP contribution in [0.4, 0.5) is 0 Å². The zero-order chi connectivity index (χ0) is 17.1. The molecule has 6 heteroatoms. The van der Waals surface area contributed by atoms with Crippen LogP contribution in [0.25, 0.3) is 10.9 Å². The molecular weight excluding hydrogens is 306 g/mol. The molecule has 6 nitrogen and oxygen atoms in total. The maximum atomic E-state index is 12.6. The Balaban J connectivity index is 1.80. The minimum atomic E-state index is -0.544. The lowest BCUT2D eigenvalue weighted by Gasteiger charge is -2.12. The van der Waals surface area contributed by atoms with Crippen molar-refractivity contribution in [1.82, 2.24) is 9.78 Å². The number of para-hydroxylation sites is 1. The van der Waals surface area contributed by atoms with E-state index in [4.69, 9.17) is 10.5 Å². The number of carbonyl (C=O) groups excluding carboxylic acids is 2. The minimum Gasteiger partial charge on any atom is -0.493 e. The number of rotatable bonds is 5. The number of ether oxygens (including phenoxy) is 1. The van der Waals surface area contributed by atoms with E-state index in [0.717, 1.165) is 5.39 Å². The van der Waals surface area contributed by atoms with Gasteiger partial charge in [0.2, 0.25) is 5.91 Å². The van der Waals surface area contributed by atoms with Crippen LogP contribution in [-0.2, 0) is 0 Å². The van der Waals surface area contributed by atoms with Gasteiger partial charge in [0, 0.05) is 10.9 Å². The first kappa shape index (κ1) is 15.7. The molecule has 0 aliphatic carbocycles. The Morgan fingerprint density at radius 2 is 1.96 bits per heavy atom. The Kier molecular flexibility index (Phi) is 4.29. The van der Waals surface area contributed by atoms with E-state index in [1.165, 1.54) is 4.68 Å². The second-order valence-electron chi connectivity index (χ2n) is 5.56. The number of hydrogen-bond donors (Lipinski definition) is 1. The molecule has 0 saturated heterocycles. The molecule has 3 aromatic rings. The SMILES string of the molecule is C[C@H](COc1ccccc1)C(=O)n1ncc2ccc(C(N)=O)cc21. The number of aromatic nitrogens is 2. The summed E-state index contributed by atoms with van der Waals surface area (Å²) in [5.41, 5.74) is 6.19. The number of primary amides is 1. The minimum absolute atomic E-state index is 0.206. The Morgan fingerprint density at radius 3 is 2.67 bits per heavy atom. The molecule has 1 heterocycles. The lowest BCUT2D eigenvalue weighted by atomic mass is 10.1. The fourth-order valence-electron chi connectivity index (χ4n) is 2.37. The Labute approximate surface area is 138 Å². The number of carbonyl (C=O) groups is 2. The van der Waals surface area contributed by atoms with E-state index in [0.29, 0.717) is 16.8 Å². The second-order valence-corrected chi connectivity index (χ2v) is 5.56. The first-order valence-electron chi connectivity index (χ1n) is 7.56. The summed E-state index contributed by atoms with van der Waals surface area (Å²) in [4.78, 5) is 24.0. The molecule has 2 N–H and O–H groups in total. The van der Waals surface area contributed by atoms with Crippen LogP contribution >= 0.6 is 0 Å². The molecule has 0 saturated carbocycles. The molecule has 1 atom stereocenters. The summed E-state index contributed by atoms with van der Waals surface area (Å²) in [5.74, 6) is -0.441. The monoisotopic (exact) mass is 323 g/mol. The normalized spacial score (nSPS) is 12.0. The average molecular weight is 323 g/mol. The summed E-state index contributed by atoms with van der Waals surface area (Å²) in [5, 5.41) is 4.90. The highest BCUT2D eigenvalue weighted by Crippen LogP contribution is 2.18. The summed E-state index contributed by atoms with van der Waals surface area (Å²) in [6.07, 6.45) is 1.59. The summed E-state index contributed by atoms with van der Waals surface area (Å²) in [7, 11) is 0. The van der Waals surface area contributed by atoms with Gasteiger partial charge in [0.15, 0.2) is 0 Å². The quantitative estimate of drug-likeness (QED) is 0.781. The highest BCUT2D eigenvalue weighted by atomic mass is 16.5. The number of amides is 1. The van der Waals surface area contributed by atoms with Crippen molar-refractivity contribution in [3.63, 3.8) is 0 Å². The van der Waals surface area contributed by atoms with Crippen LogP contribution in [-0.4, -0.2) is 28.2 Å². The van der Waals surface area contributed by atoms with Crippen molar-refractivity contribution < 1.29 is 14.3 Å². The molecule has 3 rings (SSSR count). The van der Waals surface area contributed by atoms with Gasteiger partial charge >= 0.3 is 0 Å². The molecule has 0 spiro atoms. The van der Waals surface area contributed by atoms with E-state index in [-0.39, 0.29) is 12.5 Å². The fourth-order valence-corrected chi connectivity index (χ4v) is 2.37. The maximum absolute atomic E-state index is 12.6. The number of benzene rings is 2. The molecule has 0 bridgehead atoms. The van der Waals surface area contributed by atoms with Gasteiger partial charge in [-0.25, -0.2) is 0 Å². The molecule has 0 aliphatic heterocycles. The summed E-state index contributed by atoms with van der Waals surface area (Å²) in [6, 6.07) is 14.2. The van der Waals surface area contributed by atoms with Crippen LogP contribution in [0.2, 0.25) is 0 Å². The third-order valence-corrected chi connectivity index (χ3v) is 3.73. The standard InChI is InChI=1S/C18H17N3O3/c1-12(11-24-15-5-3-2-4-6-15)18(23)21-16-9-13(17(19)22)7-8-14(16)10-20-21/h2-10,12H,11H2,1H3,(H2,19,22)/t12-/m1/s1. The van der Waals surface area contributed by atoms with Gasteiger partial charge in [0.1, 0.15) is 5.75 Å². The van der Waals surface area contributed by atoms with Crippen molar-refractivity contribution in [3.05, 3.63) is 60.3 Å². The molecule has 2 aromatic carbocycles. The number of fused-ring (bicyclic) bond motifs is 1. The summed E-state index contributed by atoms with van der Waals surface area (Å²) < 4.78 is 6.92. The van der Waals surface area contributed by atoms with Gasteiger partial charge in [-0.2, -0.15) is 9.78 Å². The van der Waals surface area contributed by atoms with Gasteiger partial charge in [-0.3, -0.25) is 9.59 Å². The predicted molar refractivity (Wildman–Crippen MR) is 90.0 cm³/mol. The molecule has 0 radical (unpaired) electrons. The van der Waals surface area contributed by atoms with E-state index >= 15 is 0 Å². The Hall–Kier alpha value is -3.15. The summed E-state index contributed by atoms with van der Waals surface area (Å²) >= 11 is 0. The molecule has 1 amide bonds. The molecule has 24 heavy (non-hydrogen) atoms. The van der Waals surface area contributed by atoms with E-state index in [1.54, 1.807) is 31.3 Å². The van der Waals surface area contributed by atoms with Crippen LogP contribution in [0.3, 0.4) is 0 Å². The first-order valence-corrected chi connectivity index (χ1v) is 7.56. The van der Waals surface area contributed by atoms with Gasteiger partial charge < -0.3 is 10.5 Å². The Bertz CT molecular complexity index is 887. The molecule has 1 aromatic heterocycles. The largest absolute Gasteiger partial charge is 0.493 e. The van der Waals surface area contributed by atoms with Gasteiger partial charge in [-0.1, -0.05) is 31.2 Å². The molecule has 0 aliphatic rings. The predicted octanol–water partition coefficient (Wildman–Crippen LogP) is 2.49. The zero-order valence-corrected chi connectivity index (χ0v) is 13.2. The van der Waals surface area contributed by atoms with Crippen molar-refractivity contribution in [3.8, 4) is 5.75 Å². The van der Waals surface area contributed by atoms with E-state index < -0.39 is 11.8 Å². The fraction of sp³-hybridized carbons (Fsp3) is 0.167. The molecular formula is C18H17N3O3. The van der Waals surface area contributed by atoms with E-state index in [1.807, 2.05) is 30.3 Å². The lowest BCUT2D eigenvalue weighted by Crippen LogP contribution is -2.25. The lowest BCUT2D eigenvalue weighted by molar-refractivity contribution is 0.0791. The first-order chi connectivity index (χ1) is 11.6. The van der Waals surface area contributed by atoms with E-state index in [2.05, 4.69) is 5.10 Å². The van der Waals surface area contributed by atoms with Gasteiger partial charge in [0.05, 0.1) is 24.2 Å². The molecule has 122 valence electrons. The maximum Gasteiger partial charge on any atom is 0.253 e. The number of hydrogen-bond acceptors (Lipinski definition) is 4. The van der Waals surface area contributed by atoms with Crippen molar-refractivity contribution in [2.45, 2.75) is 6.92 Å². The van der Waals surface area contributed by atoms with Crippen LogP contribution in [0.15, 0.2) is 54.7 Å². The third-order valence-electron chi connectivity index (χ3n) is 3.73. The van der Waals surface area contributed by atoms with Crippen molar-refractivity contribution >= 4 is 22.7 Å². The van der Waals surface area contributed by atoms with Gasteiger partial charge in [-0.15, -0.1) is 0 Å². The van der Waals surface area contributed by atoms with Crippen LogP contribution in [0.5, 0.6) is 5.75 Å². The third kappa shape index (κ3) is 3.12. The van der Waals surface area contributed by atoms with Crippen LogP contribution < -0.4 is 10.5 Å². The number of nitrogens with two attached hydrogens (primary N) is 1.